The van der Waals surface area contributed by atoms with Crippen molar-refractivity contribution in [3.05, 3.63) is 64.6 Å². The van der Waals surface area contributed by atoms with E-state index in [1.165, 1.54) is 12.1 Å². The molecule has 0 amide bonds. The number of carboxylic acids is 1. The molecule has 1 aliphatic heterocycles. The van der Waals surface area contributed by atoms with Gasteiger partial charge in [0, 0.05) is 31.3 Å². The van der Waals surface area contributed by atoms with Crippen molar-refractivity contribution >= 4 is 17.6 Å². The van der Waals surface area contributed by atoms with E-state index in [0.29, 0.717) is 29.9 Å². The number of rotatable bonds is 8. The fraction of sp³-hybridized carbons (Fsp3) is 0.370. The minimum Gasteiger partial charge on any atom is -0.481 e. The van der Waals surface area contributed by atoms with Crippen molar-refractivity contribution in [3.8, 4) is 28.7 Å². The molecule has 1 fully saturated rings. The Balaban J connectivity index is 1.37. The minimum absolute atomic E-state index is 0.000753. The Morgan fingerprint density at radius 1 is 1.11 bits per heavy atom. The zero-order chi connectivity index (χ0) is 31.8. The number of halogens is 7. The van der Waals surface area contributed by atoms with Crippen molar-refractivity contribution < 1.29 is 45.9 Å². The van der Waals surface area contributed by atoms with Crippen LogP contribution in [0.25, 0.3) is 28.7 Å². The summed E-state index contributed by atoms with van der Waals surface area (Å²) in [7, 11) is 0. The first kappa shape index (κ1) is 31.4. The van der Waals surface area contributed by atoms with E-state index in [1.54, 1.807) is 12.1 Å². The number of alkyl halides is 6. The molecule has 0 radical (unpaired) electrons. The summed E-state index contributed by atoms with van der Waals surface area (Å²) < 4.78 is 88.4. The fourth-order valence-electron chi connectivity index (χ4n) is 5.13. The van der Waals surface area contributed by atoms with Gasteiger partial charge < -0.3 is 19.6 Å². The molecule has 2 atom stereocenters. The fourth-order valence-corrected chi connectivity index (χ4v) is 5.29. The van der Waals surface area contributed by atoms with Crippen LogP contribution in [0.15, 0.2) is 47.2 Å². The summed E-state index contributed by atoms with van der Waals surface area (Å²) in [5.41, 5.74) is -3.05. The number of pyridine rings is 1. The Morgan fingerprint density at radius 2 is 1.84 bits per heavy atom. The highest BCUT2D eigenvalue weighted by molar-refractivity contribution is 6.30. The van der Waals surface area contributed by atoms with E-state index in [0.717, 1.165) is 25.6 Å². The Morgan fingerprint density at radius 3 is 2.50 bits per heavy atom. The molecule has 3 aromatic heterocycles. The molecule has 1 saturated heterocycles. The number of aliphatic hydroxyl groups is 1. The first-order valence-electron chi connectivity index (χ1n) is 13.2. The number of β-amino-alcohol motifs (C(OH)–C–C–N with tert-alkyl or cyclic N) is 1. The molecular weight excluding hydrogens is 622 g/mol. The first-order valence-corrected chi connectivity index (χ1v) is 13.5. The van der Waals surface area contributed by atoms with Crippen LogP contribution in [0.4, 0.5) is 26.3 Å². The molecule has 234 valence electrons. The van der Waals surface area contributed by atoms with Crippen LogP contribution in [-0.2, 0) is 17.1 Å². The van der Waals surface area contributed by atoms with E-state index < -0.39 is 58.0 Å². The summed E-state index contributed by atoms with van der Waals surface area (Å²) >= 11 is 5.61. The highest BCUT2D eigenvalue weighted by atomic mass is 35.5. The average Bonchev–Trinajstić information content (AvgIpc) is 3.60. The van der Waals surface area contributed by atoms with Crippen LogP contribution in [0, 0.1) is 5.92 Å². The number of aliphatic hydroxyl groups excluding tert-OH is 1. The summed E-state index contributed by atoms with van der Waals surface area (Å²) in [6.07, 6.45) is -8.08. The number of hydrogen-bond donors (Lipinski definition) is 2. The maximum Gasteiger partial charge on any atom is 0.434 e. The lowest BCUT2D eigenvalue weighted by atomic mass is 9.94. The van der Waals surface area contributed by atoms with Crippen molar-refractivity contribution in [1.82, 2.24) is 29.8 Å². The van der Waals surface area contributed by atoms with Crippen LogP contribution in [0.5, 0.6) is 0 Å². The lowest BCUT2D eigenvalue weighted by molar-refractivity contribution is -0.144. The molecule has 0 saturated carbocycles. The van der Waals surface area contributed by atoms with Gasteiger partial charge in [-0.05, 0) is 36.9 Å². The van der Waals surface area contributed by atoms with Crippen molar-refractivity contribution in [2.75, 3.05) is 19.6 Å². The molecule has 4 aromatic rings. The average molecular weight is 645 g/mol. The smallest absolute Gasteiger partial charge is 0.434 e. The van der Waals surface area contributed by atoms with Crippen LogP contribution >= 0.6 is 11.6 Å². The van der Waals surface area contributed by atoms with Crippen LogP contribution in [0.1, 0.15) is 42.2 Å². The molecule has 10 nitrogen and oxygen atoms in total. The van der Waals surface area contributed by atoms with E-state index in [4.69, 9.17) is 21.2 Å². The Hall–Kier alpha value is -4.02. The molecule has 2 N–H and O–H groups in total. The predicted molar refractivity (Wildman–Crippen MR) is 141 cm³/mol. The second kappa shape index (κ2) is 12.2. The third-order valence-electron chi connectivity index (χ3n) is 7.08. The molecular formula is C27H23ClF6N6O4. The third-order valence-corrected chi connectivity index (χ3v) is 7.29. The van der Waals surface area contributed by atoms with Gasteiger partial charge in [-0.25, -0.2) is 9.67 Å². The number of nitrogens with zero attached hydrogens (tertiary/aromatic N) is 6. The largest absolute Gasteiger partial charge is 0.481 e. The lowest BCUT2D eigenvalue weighted by Crippen LogP contribution is -2.38. The summed E-state index contributed by atoms with van der Waals surface area (Å²) in [6, 6.07) is 6.66. The van der Waals surface area contributed by atoms with E-state index >= 15 is 0 Å². The Bertz CT molecular complexity index is 1640. The molecule has 4 heterocycles. The highest BCUT2D eigenvalue weighted by Crippen LogP contribution is 2.41. The normalized spacial score (nSPS) is 17.1. The topological polar surface area (TPSA) is 130 Å². The number of carbonyl (C=O) groups is 1. The number of hydrogen-bond acceptors (Lipinski definition) is 8. The summed E-state index contributed by atoms with van der Waals surface area (Å²) in [5, 5.41) is 26.6. The SMILES string of the molecule is O=C(O)C[C@H]1CCCN(C[C@H](O)c2ccc(-c3noc(-c4cnn(-c5ncc(Cl)cc5C(F)(F)F)c4C(F)(F)F)n3)cc2)C1. The van der Waals surface area contributed by atoms with E-state index in [1.807, 2.05) is 4.90 Å². The van der Waals surface area contributed by atoms with E-state index in [2.05, 4.69) is 20.2 Å². The Labute approximate surface area is 249 Å². The second-order valence-corrected chi connectivity index (χ2v) is 10.7. The van der Waals surface area contributed by atoms with Gasteiger partial charge in [-0.1, -0.05) is 41.0 Å². The number of aliphatic carboxylic acids is 1. The van der Waals surface area contributed by atoms with Gasteiger partial charge in [0.2, 0.25) is 5.82 Å². The Kier molecular flexibility index (Phi) is 8.68. The van der Waals surface area contributed by atoms with Gasteiger partial charge in [0.25, 0.3) is 5.89 Å². The molecule has 1 aromatic carbocycles. The van der Waals surface area contributed by atoms with Crippen molar-refractivity contribution in [2.45, 2.75) is 37.7 Å². The summed E-state index contributed by atoms with van der Waals surface area (Å²) in [5.74, 6) is -2.77. The molecule has 0 unspecified atom stereocenters. The standard InChI is InChI=1S/C27H23ClF6N6O4/c28-17-9-19(26(29,30)31)24(35-10-17)40-22(27(32,33)34)18(11-36-40)25-37-23(38-44-25)16-5-3-15(4-6-16)20(41)13-39-7-1-2-14(12-39)8-21(42)43/h3-6,9-11,14,20,41H,1-2,7-8,12-13H2,(H,42,43)/t14-,20+/m1/s1. The van der Waals surface area contributed by atoms with E-state index in [-0.39, 0.29) is 29.4 Å². The predicted octanol–water partition coefficient (Wildman–Crippen LogP) is 5.90. The molecule has 1 aliphatic rings. The van der Waals surface area contributed by atoms with Gasteiger partial charge >= 0.3 is 18.3 Å². The van der Waals surface area contributed by atoms with Gasteiger partial charge in [0.1, 0.15) is 5.56 Å². The van der Waals surface area contributed by atoms with Crippen molar-refractivity contribution in [1.29, 1.82) is 0 Å². The third kappa shape index (κ3) is 6.87. The van der Waals surface area contributed by atoms with Gasteiger partial charge in [0.15, 0.2) is 11.5 Å². The molecule has 0 bridgehead atoms. The monoisotopic (exact) mass is 644 g/mol. The number of piperidine rings is 1. The molecule has 17 heteroatoms. The lowest BCUT2D eigenvalue weighted by Gasteiger charge is -2.33. The highest BCUT2D eigenvalue weighted by Gasteiger charge is 2.43. The minimum atomic E-state index is -5.20. The maximum atomic E-state index is 14.2. The number of likely N-dealkylation sites (tertiary alicyclic amines) is 1. The molecule has 0 aliphatic carbocycles. The van der Waals surface area contributed by atoms with Gasteiger partial charge in [-0.2, -0.15) is 36.4 Å². The molecule has 5 rings (SSSR count). The number of aromatic nitrogens is 5. The van der Waals surface area contributed by atoms with E-state index in [9.17, 15) is 36.2 Å². The van der Waals surface area contributed by atoms with Crippen LogP contribution in [0.3, 0.4) is 0 Å². The van der Waals surface area contributed by atoms with Crippen molar-refractivity contribution in [3.63, 3.8) is 0 Å². The van der Waals surface area contributed by atoms with Gasteiger partial charge in [0.05, 0.1) is 22.9 Å². The van der Waals surface area contributed by atoms with Crippen molar-refractivity contribution in [2.24, 2.45) is 5.92 Å². The van der Waals surface area contributed by atoms with Gasteiger partial charge in [-0.3, -0.25) is 4.79 Å². The first-order chi connectivity index (χ1) is 20.7. The zero-order valence-corrected chi connectivity index (χ0v) is 23.2. The number of benzene rings is 1. The molecule has 0 spiro atoms. The maximum absolute atomic E-state index is 14.2. The van der Waals surface area contributed by atoms with Gasteiger partial charge in [-0.15, -0.1) is 0 Å². The quantitative estimate of drug-likeness (QED) is 0.225. The summed E-state index contributed by atoms with van der Waals surface area (Å²) in [6.45, 7) is 1.55. The number of carboxylic acid groups (broad SMARTS) is 1. The van der Waals surface area contributed by atoms with Crippen LogP contribution in [-0.4, -0.2) is 65.6 Å². The molecule has 44 heavy (non-hydrogen) atoms. The van der Waals surface area contributed by atoms with Crippen LogP contribution < -0.4 is 0 Å². The zero-order valence-electron chi connectivity index (χ0n) is 22.5. The summed E-state index contributed by atoms with van der Waals surface area (Å²) in [4.78, 5) is 20.5. The second-order valence-electron chi connectivity index (χ2n) is 10.3. The van der Waals surface area contributed by atoms with Crippen LogP contribution in [0.2, 0.25) is 5.02 Å².